The summed E-state index contributed by atoms with van der Waals surface area (Å²) in [6.07, 6.45) is 1.02. The second kappa shape index (κ2) is 8.00. The van der Waals surface area contributed by atoms with E-state index in [4.69, 9.17) is 4.74 Å². The number of ether oxygens (including phenoxy) is 1. The van der Waals surface area contributed by atoms with Gasteiger partial charge in [-0.3, -0.25) is 9.59 Å². The summed E-state index contributed by atoms with van der Waals surface area (Å²) in [4.78, 5) is 25.3. The number of benzene rings is 1. The van der Waals surface area contributed by atoms with Crippen LogP contribution in [0.5, 0.6) is 0 Å². The summed E-state index contributed by atoms with van der Waals surface area (Å²) in [5.74, 6) is -0.552. The fraction of sp³-hybridized carbons (Fsp3) is 0.600. The van der Waals surface area contributed by atoms with Gasteiger partial charge in [0.25, 0.3) is 0 Å². The Hall–Kier alpha value is -1.88. The molecular formula is C20H31NO4. The maximum Gasteiger partial charge on any atom is 0.313 e. The third-order valence-corrected chi connectivity index (χ3v) is 5.43. The predicted molar refractivity (Wildman–Crippen MR) is 98.1 cm³/mol. The lowest BCUT2D eigenvalue weighted by molar-refractivity contribution is -0.156. The van der Waals surface area contributed by atoms with Gasteiger partial charge in [-0.25, -0.2) is 0 Å². The molecule has 1 rings (SSSR count). The summed E-state index contributed by atoms with van der Waals surface area (Å²) in [5, 5.41) is 12.3. The van der Waals surface area contributed by atoms with E-state index in [1.54, 1.807) is 13.8 Å². The van der Waals surface area contributed by atoms with E-state index in [9.17, 15) is 14.7 Å². The van der Waals surface area contributed by atoms with Crippen molar-refractivity contribution in [3.63, 3.8) is 0 Å². The molecule has 2 N–H and O–H groups in total. The van der Waals surface area contributed by atoms with Crippen LogP contribution in [0.4, 0.5) is 0 Å². The third kappa shape index (κ3) is 4.40. The summed E-state index contributed by atoms with van der Waals surface area (Å²) in [5.41, 5.74) is -1.63. The Bertz CT molecular complexity index is 595. The van der Waals surface area contributed by atoms with Crippen LogP contribution in [0.2, 0.25) is 0 Å². The molecule has 5 nitrogen and oxygen atoms in total. The molecule has 1 unspecified atom stereocenters. The van der Waals surface area contributed by atoms with Gasteiger partial charge in [0.1, 0.15) is 0 Å². The number of amides is 1. The topological polar surface area (TPSA) is 75.6 Å². The average molecular weight is 349 g/mol. The van der Waals surface area contributed by atoms with E-state index in [0.717, 1.165) is 5.56 Å². The molecule has 1 amide bonds. The molecule has 0 radical (unpaired) electrons. The second-order valence-corrected chi connectivity index (χ2v) is 7.72. The number of hydrogen-bond acceptors (Lipinski definition) is 4. The van der Waals surface area contributed by atoms with Gasteiger partial charge in [-0.05, 0) is 53.0 Å². The first-order valence-corrected chi connectivity index (χ1v) is 8.60. The van der Waals surface area contributed by atoms with Crippen molar-refractivity contribution in [2.75, 3.05) is 13.7 Å². The lowest BCUT2D eigenvalue weighted by atomic mass is 9.72. The van der Waals surface area contributed by atoms with Crippen LogP contribution in [0, 0.1) is 5.41 Å². The Balaban J connectivity index is 3.16. The molecule has 25 heavy (non-hydrogen) atoms. The number of aliphatic hydroxyl groups is 1. The maximum absolute atomic E-state index is 13.2. The van der Waals surface area contributed by atoms with Crippen molar-refractivity contribution in [2.24, 2.45) is 5.41 Å². The molecule has 140 valence electrons. The molecule has 0 aromatic heterocycles. The Morgan fingerprint density at radius 3 is 2.12 bits per heavy atom. The van der Waals surface area contributed by atoms with Crippen molar-refractivity contribution in [3.8, 4) is 0 Å². The summed E-state index contributed by atoms with van der Waals surface area (Å²) in [6, 6.07) is 9.51. The van der Waals surface area contributed by atoms with Gasteiger partial charge in [0.05, 0.1) is 17.9 Å². The van der Waals surface area contributed by atoms with Gasteiger partial charge in [-0.1, -0.05) is 30.3 Å². The number of carbonyl (C=O) groups is 2. The van der Waals surface area contributed by atoms with E-state index >= 15 is 0 Å². The fourth-order valence-electron chi connectivity index (χ4n) is 2.72. The summed E-state index contributed by atoms with van der Waals surface area (Å²) < 4.78 is 4.89. The molecule has 0 fully saturated rings. The van der Waals surface area contributed by atoms with E-state index in [1.807, 2.05) is 51.1 Å². The third-order valence-electron chi connectivity index (χ3n) is 5.43. The van der Waals surface area contributed by atoms with Crippen molar-refractivity contribution in [3.05, 3.63) is 35.9 Å². The van der Waals surface area contributed by atoms with Gasteiger partial charge < -0.3 is 15.2 Å². The molecular weight excluding hydrogens is 318 g/mol. The maximum atomic E-state index is 13.2. The molecule has 1 atom stereocenters. The zero-order chi connectivity index (χ0) is 19.3. The predicted octanol–water partition coefficient (Wildman–Crippen LogP) is 2.81. The van der Waals surface area contributed by atoms with E-state index in [-0.39, 0.29) is 18.5 Å². The first kappa shape index (κ1) is 21.2. The second-order valence-electron chi connectivity index (χ2n) is 7.72. The van der Waals surface area contributed by atoms with E-state index in [1.165, 1.54) is 7.11 Å². The van der Waals surface area contributed by atoms with Crippen LogP contribution in [0.25, 0.3) is 0 Å². The summed E-state index contributed by atoms with van der Waals surface area (Å²) in [6.45, 7) is 9.04. The molecule has 1 aromatic rings. The van der Waals surface area contributed by atoms with Crippen LogP contribution in [0.1, 0.15) is 53.0 Å². The number of methoxy groups -OCH3 is 1. The SMILES string of the molecule is COC(=O)C(C)(C)C(C)(C)NC(=O)C(C)(CCCO)c1ccccc1. The average Bonchev–Trinajstić information content (AvgIpc) is 2.58. The number of nitrogens with one attached hydrogen (secondary N) is 1. The Labute approximate surface area is 150 Å². The van der Waals surface area contributed by atoms with Crippen molar-refractivity contribution < 1.29 is 19.4 Å². The van der Waals surface area contributed by atoms with Gasteiger partial charge in [0, 0.05) is 12.1 Å². The van der Waals surface area contributed by atoms with E-state index < -0.39 is 16.4 Å². The van der Waals surface area contributed by atoms with Crippen LogP contribution in [-0.4, -0.2) is 36.2 Å². The highest BCUT2D eigenvalue weighted by Crippen LogP contribution is 2.35. The quantitative estimate of drug-likeness (QED) is 0.708. The standard InChI is InChI=1S/C20H31NO4/c1-18(2,17(24)25-6)19(3,4)21-16(23)20(5,13-10-14-22)15-11-8-7-9-12-15/h7-9,11-12,22H,10,13-14H2,1-6H3,(H,21,23). The number of hydrogen-bond donors (Lipinski definition) is 2. The molecule has 0 saturated carbocycles. The zero-order valence-electron chi connectivity index (χ0n) is 16.2. The molecule has 5 heteroatoms. The Kier molecular flexibility index (Phi) is 6.77. The zero-order valence-corrected chi connectivity index (χ0v) is 16.2. The number of aliphatic hydroxyl groups excluding tert-OH is 1. The highest BCUT2D eigenvalue weighted by Gasteiger charge is 2.47. The molecule has 0 spiro atoms. The fourth-order valence-corrected chi connectivity index (χ4v) is 2.72. The van der Waals surface area contributed by atoms with E-state index in [0.29, 0.717) is 12.8 Å². The van der Waals surface area contributed by atoms with Gasteiger partial charge in [-0.15, -0.1) is 0 Å². The number of rotatable bonds is 8. The monoisotopic (exact) mass is 349 g/mol. The summed E-state index contributed by atoms with van der Waals surface area (Å²) >= 11 is 0. The van der Waals surface area contributed by atoms with Crippen LogP contribution in [-0.2, 0) is 19.7 Å². The van der Waals surface area contributed by atoms with Crippen molar-refractivity contribution in [1.29, 1.82) is 0 Å². The molecule has 0 saturated heterocycles. The Morgan fingerprint density at radius 2 is 1.64 bits per heavy atom. The first-order chi connectivity index (χ1) is 11.5. The molecule has 0 aliphatic heterocycles. The molecule has 0 aliphatic rings. The highest BCUT2D eigenvalue weighted by atomic mass is 16.5. The van der Waals surface area contributed by atoms with Crippen molar-refractivity contribution in [1.82, 2.24) is 5.32 Å². The minimum Gasteiger partial charge on any atom is -0.469 e. The molecule has 1 aromatic carbocycles. The first-order valence-electron chi connectivity index (χ1n) is 8.60. The van der Waals surface area contributed by atoms with Gasteiger partial charge in [0.2, 0.25) is 5.91 Å². The minimum atomic E-state index is -0.897. The van der Waals surface area contributed by atoms with Crippen LogP contribution < -0.4 is 5.32 Å². The molecule has 0 aliphatic carbocycles. The van der Waals surface area contributed by atoms with Crippen LogP contribution in [0.15, 0.2) is 30.3 Å². The van der Waals surface area contributed by atoms with Gasteiger partial charge in [-0.2, -0.15) is 0 Å². The summed E-state index contributed by atoms with van der Waals surface area (Å²) in [7, 11) is 1.34. The van der Waals surface area contributed by atoms with Crippen LogP contribution in [0.3, 0.4) is 0 Å². The number of esters is 1. The van der Waals surface area contributed by atoms with Gasteiger partial charge >= 0.3 is 5.97 Å². The largest absolute Gasteiger partial charge is 0.469 e. The lowest BCUT2D eigenvalue weighted by Gasteiger charge is -2.42. The molecule has 0 heterocycles. The normalized spacial score (nSPS) is 14.5. The van der Waals surface area contributed by atoms with Crippen molar-refractivity contribution >= 4 is 11.9 Å². The lowest BCUT2D eigenvalue weighted by Crippen LogP contribution is -2.60. The smallest absolute Gasteiger partial charge is 0.313 e. The number of carbonyl (C=O) groups excluding carboxylic acids is 2. The highest BCUT2D eigenvalue weighted by molar-refractivity contribution is 5.89. The molecule has 0 bridgehead atoms. The van der Waals surface area contributed by atoms with Gasteiger partial charge in [0.15, 0.2) is 0 Å². The van der Waals surface area contributed by atoms with Crippen LogP contribution >= 0.6 is 0 Å². The Morgan fingerprint density at radius 1 is 1.08 bits per heavy atom. The van der Waals surface area contributed by atoms with Crippen molar-refractivity contribution in [2.45, 2.75) is 58.4 Å². The minimum absolute atomic E-state index is 0.0206. The van der Waals surface area contributed by atoms with E-state index in [2.05, 4.69) is 5.32 Å².